The lowest BCUT2D eigenvalue weighted by Crippen LogP contribution is -2.56. The summed E-state index contributed by atoms with van der Waals surface area (Å²) in [5.41, 5.74) is 2.07. The molecule has 88 valence electrons. The predicted molar refractivity (Wildman–Crippen MR) is 59.2 cm³/mol. The van der Waals surface area contributed by atoms with E-state index in [9.17, 15) is 4.79 Å². The van der Waals surface area contributed by atoms with Crippen LogP contribution in [-0.2, 0) is 9.63 Å². The van der Waals surface area contributed by atoms with E-state index in [0.29, 0.717) is 12.5 Å². The minimum absolute atomic E-state index is 0.0529. The van der Waals surface area contributed by atoms with Crippen molar-refractivity contribution in [3.63, 3.8) is 0 Å². The Hall–Kier alpha value is -0.610. The molecule has 1 fully saturated rings. The number of piperidine rings is 1. The average Bonchev–Trinajstić information content (AvgIpc) is 2.18. The zero-order chi connectivity index (χ0) is 11.3. The third-order valence-electron chi connectivity index (χ3n) is 2.70. The van der Waals surface area contributed by atoms with Crippen LogP contribution in [0.5, 0.6) is 0 Å². The van der Waals surface area contributed by atoms with Crippen molar-refractivity contribution in [2.24, 2.45) is 5.92 Å². The first-order valence-electron chi connectivity index (χ1n) is 5.72. The quantitative estimate of drug-likeness (QED) is 0.692. The summed E-state index contributed by atoms with van der Waals surface area (Å²) in [5, 5.41) is 3.24. The van der Waals surface area contributed by atoms with E-state index in [-0.39, 0.29) is 5.91 Å². The average molecular weight is 214 g/mol. The lowest BCUT2D eigenvalue weighted by Gasteiger charge is -2.33. The highest BCUT2D eigenvalue weighted by Crippen LogP contribution is 2.18. The molecule has 0 spiro atoms. The van der Waals surface area contributed by atoms with E-state index >= 15 is 0 Å². The van der Waals surface area contributed by atoms with Crippen molar-refractivity contribution in [2.75, 3.05) is 13.2 Å². The first-order chi connectivity index (χ1) is 7.04. The van der Waals surface area contributed by atoms with Gasteiger partial charge in [0.1, 0.15) is 0 Å². The van der Waals surface area contributed by atoms with Gasteiger partial charge in [0.25, 0.3) is 5.91 Å². The van der Waals surface area contributed by atoms with Gasteiger partial charge in [0.2, 0.25) is 0 Å². The van der Waals surface area contributed by atoms with Crippen LogP contribution in [0.1, 0.15) is 40.0 Å². The van der Waals surface area contributed by atoms with E-state index in [2.05, 4.69) is 10.8 Å². The Morgan fingerprint density at radius 1 is 1.53 bits per heavy atom. The van der Waals surface area contributed by atoms with Crippen molar-refractivity contribution in [3.05, 3.63) is 0 Å². The number of hydrogen-bond acceptors (Lipinski definition) is 3. The molecular weight excluding hydrogens is 192 g/mol. The number of rotatable bonds is 4. The molecule has 1 aliphatic heterocycles. The molecule has 0 saturated carbocycles. The van der Waals surface area contributed by atoms with E-state index in [1.165, 1.54) is 0 Å². The highest BCUT2D eigenvalue weighted by molar-refractivity contribution is 5.85. The summed E-state index contributed by atoms with van der Waals surface area (Å²) in [4.78, 5) is 16.9. The van der Waals surface area contributed by atoms with Crippen molar-refractivity contribution in [3.8, 4) is 0 Å². The lowest BCUT2D eigenvalue weighted by molar-refractivity contribution is -0.141. The second kappa shape index (κ2) is 5.47. The van der Waals surface area contributed by atoms with Gasteiger partial charge >= 0.3 is 0 Å². The first-order valence-corrected chi connectivity index (χ1v) is 5.72. The van der Waals surface area contributed by atoms with Gasteiger partial charge in [-0.3, -0.25) is 9.63 Å². The number of carbonyl (C=O) groups excluding carboxylic acids is 1. The molecule has 0 radical (unpaired) electrons. The molecule has 0 aliphatic carbocycles. The molecule has 0 aromatic heterocycles. The molecule has 1 saturated heterocycles. The number of nitrogens with one attached hydrogen (secondary N) is 2. The SMILES string of the molecule is CC(C)CONC(=O)C1(C)CCCCN1. The Morgan fingerprint density at radius 3 is 2.80 bits per heavy atom. The number of carbonyl (C=O) groups is 1. The van der Waals surface area contributed by atoms with Gasteiger partial charge in [0.05, 0.1) is 12.1 Å². The van der Waals surface area contributed by atoms with E-state index in [1.807, 2.05) is 20.8 Å². The normalized spacial score (nSPS) is 26.7. The maximum Gasteiger partial charge on any atom is 0.263 e. The van der Waals surface area contributed by atoms with Crippen molar-refractivity contribution in [1.82, 2.24) is 10.8 Å². The predicted octanol–water partition coefficient (Wildman–Crippen LogP) is 1.22. The largest absolute Gasteiger partial charge is 0.303 e. The zero-order valence-electron chi connectivity index (χ0n) is 9.93. The monoisotopic (exact) mass is 214 g/mol. The molecule has 4 nitrogen and oxygen atoms in total. The van der Waals surface area contributed by atoms with Crippen LogP contribution in [0, 0.1) is 5.92 Å². The Labute approximate surface area is 91.7 Å². The molecule has 1 aliphatic rings. The Bertz CT molecular complexity index is 211. The fraction of sp³-hybridized carbons (Fsp3) is 0.909. The summed E-state index contributed by atoms with van der Waals surface area (Å²) in [6.07, 6.45) is 3.13. The molecule has 15 heavy (non-hydrogen) atoms. The molecule has 1 unspecified atom stereocenters. The molecule has 0 bridgehead atoms. The van der Waals surface area contributed by atoms with Crippen LogP contribution in [0.3, 0.4) is 0 Å². The molecule has 1 atom stereocenters. The third kappa shape index (κ3) is 3.80. The molecule has 1 rings (SSSR count). The molecule has 0 aromatic carbocycles. The van der Waals surface area contributed by atoms with Gasteiger partial charge in [-0.15, -0.1) is 0 Å². The highest BCUT2D eigenvalue weighted by atomic mass is 16.7. The van der Waals surface area contributed by atoms with E-state index < -0.39 is 5.54 Å². The number of hydrogen-bond donors (Lipinski definition) is 2. The highest BCUT2D eigenvalue weighted by Gasteiger charge is 2.34. The van der Waals surface area contributed by atoms with Gasteiger partial charge < -0.3 is 5.32 Å². The summed E-state index contributed by atoms with van der Waals surface area (Å²) in [7, 11) is 0. The second-order valence-electron chi connectivity index (χ2n) is 4.85. The molecule has 2 N–H and O–H groups in total. The molecular formula is C11H22N2O2. The van der Waals surface area contributed by atoms with Crippen molar-refractivity contribution in [2.45, 2.75) is 45.6 Å². The summed E-state index contributed by atoms with van der Waals surface area (Å²) >= 11 is 0. The van der Waals surface area contributed by atoms with Crippen LogP contribution < -0.4 is 10.8 Å². The molecule has 4 heteroatoms. The topological polar surface area (TPSA) is 50.4 Å². The Kier molecular flexibility index (Phi) is 4.54. The minimum atomic E-state index is -0.449. The van der Waals surface area contributed by atoms with Gasteiger partial charge in [-0.1, -0.05) is 13.8 Å². The Morgan fingerprint density at radius 2 is 2.27 bits per heavy atom. The fourth-order valence-electron chi connectivity index (χ4n) is 1.64. The summed E-state index contributed by atoms with van der Waals surface area (Å²) in [5.74, 6) is 0.375. The van der Waals surface area contributed by atoms with Crippen LogP contribution >= 0.6 is 0 Å². The maximum atomic E-state index is 11.8. The van der Waals surface area contributed by atoms with Crippen LogP contribution in [0.25, 0.3) is 0 Å². The zero-order valence-corrected chi connectivity index (χ0v) is 9.93. The van der Waals surface area contributed by atoms with Crippen LogP contribution in [0.4, 0.5) is 0 Å². The summed E-state index contributed by atoms with van der Waals surface area (Å²) in [6, 6.07) is 0. The maximum absolute atomic E-state index is 11.8. The molecule has 0 aromatic rings. The van der Waals surface area contributed by atoms with Gasteiger partial charge in [-0.25, -0.2) is 5.48 Å². The third-order valence-corrected chi connectivity index (χ3v) is 2.70. The Balaban J connectivity index is 2.31. The number of amides is 1. The van der Waals surface area contributed by atoms with Gasteiger partial charge in [0, 0.05) is 0 Å². The first kappa shape index (κ1) is 12.5. The van der Waals surface area contributed by atoms with Crippen LogP contribution in [-0.4, -0.2) is 24.6 Å². The summed E-state index contributed by atoms with van der Waals surface area (Å²) in [6.45, 7) is 7.50. The van der Waals surface area contributed by atoms with Gasteiger partial charge in [-0.2, -0.15) is 0 Å². The summed E-state index contributed by atoms with van der Waals surface area (Å²) < 4.78 is 0. The molecule has 1 heterocycles. The van der Waals surface area contributed by atoms with Crippen LogP contribution in [0.2, 0.25) is 0 Å². The van der Waals surface area contributed by atoms with Crippen molar-refractivity contribution in [1.29, 1.82) is 0 Å². The fourth-order valence-corrected chi connectivity index (χ4v) is 1.64. The van der Waals surface area contributed by atoms with E-state index in [0.717, 1.165) is 25.8 Å². The number of hydroxylamine groups is 1. The van der Waals surface area contributed by atoms with Gasteiger partial charge in [-0.05, 0) is 38.6 Å². The van der Waals surface area contributed by atoms with Gasteiger partial charge in [0.15, 0.2) is 0 Å². The van der Waals surface area contributed by atoms with E-state index in [4.69, 9.17) is 4.84 Å². The van der Waals surface area contributed by atoms with Crippen molar-refractivity contribution < 1.29 is 9.63 Å². The second-order valence-corrected chi connectivity index (χ2v) is 4.85. The van der Waals surface area contributed by atoms with Crippen molar-refractivity contribution >= 4 is 5.91 Å². The van der Waals surface area contributed by atoms with E-state index in [1.54, 1.807) is 0 Å². The standard InChI is InChI=1S/C11H22N2O2/c1-9(2)8-15-13-10(14)11(3)6-4-5-7-12-11/h9,12H,4-8H2,1-3H3,(H,13,14). The smallest absolute Gasteiger partial charge is 0.263 e. The minimum Gasteiger partial charge on any atom is -0.303 e. The molecule has 1 amide bonds. The lowest BCUT2D eigenvalue weighted by atomic mass is 9.90. The van der Waals surface area contributed by atoms with Crippen LogP contribution in [0.15, 0.2) is 0 Å².